The maximum Gasteiger partial charge on any atom is 0.238 e. The van der Waals surface area contributed by atoms with Crippen molar-refractivity contribution in [3.63, 3.8) is 0 Å². The van der Waals surface area contributed by atoms with Crippen molar-refractivity contribution in [2.75, 3.05) is 5.32 Å². The average molecular weight is 355 g/mol. The molecule has 0 fully saturated rings. The van der Waals surface area contributed by atoms with Gasteiger partial charge in [0, 0.05) is 34.8 Å². The molecule has 0 spiro atoms. The van der Waals surface area contributed by atoms with Crippen LogP contribution in [0.5, 0.6) is 0 Å². The minimum Gasteiger partial charge on any atom is -0.354 e. The van der Waals surface area contributed by atoms with Crippen molar-refractivity contribution in [1.82, 2.24) is 4.98 Å². The lowest BCUT2D eigenvalue weighted by Gasteiger charge is -2.18. The van der Waals surface area contributed by atoms with Gasteiger partial charge in [-0.05, 0) is 54.3 Å². The zero-order valence-corrected chi connectivity index (χ0v) is 14.4. The van der Waals surface area contributed by atoms with E-state index in [0.717, 1.165) is 51.8 Å². The third kappa shape index (κ3) is 2.71. The number of aryl methyl sites for hydroxylation is 2. The highest BCUT2D eigenvalue weighted by atomic mass is 32.2. The molecule has 1 aromatic heterocycles. The minimum atomic E-state index is -3.73. The number of aromatic amines is 1. The summed E-state index contributed by atoms with van der Waals surface area (Å²) < 4.78 is 23.2. The summed E-state index contributed by atoms with van der Waals surface area (Å²) >= 11 is 0. The maximum atomic E-state index is 11.6. The predicted octanol–water partition coefficient (Wildman–Crippen LogP) is 2.54. The third-order valence-corrected chi connectivity index (χ3v) is 5.46. The fraction of sp³-hybridized carbons (Fsp3) is 0.167. The van der Waals surface area contributed by atoms with E-state index in [9.17, 15) is 13.2 Å². The first-order valence-electron chi connectivity index (χ1n) is 7.91. The van der Waals surface area contributed by atoms with Gasteiger partial charge >= 0.3 is 0 Å². The first-order valence-corrected chi connectivity index (χ1v) is 9.46. The van der Waals surface area contributed by atoms with Gasteiger partial charge in [0.15, 0.2) is 0 Å². The summed E-state index contributed by atoms with van der Waals surface area (Å²) in [6.45, 7) is 1.48. The lowest BCUT2D eigenvalue weighted by molar-refractivity contribution is -0.114. The summed E-state index contributed by atoms with van der Waals surface area (Å²) in [6, 6.07) is 10.7. The fourth-order valence-electron chi connectivity index (χ4n) is 3.48. The predicted molar refractivity (Wildman–Crippen MR) is 96.8 cm³/mol. The monoisotopic (exact) mass is 355 g/mol. The molecule has 0 atom stereocenters. The Morgan fingerprint density at radius 2 is 1.96 bits per heavy atom. The molecule has 25 heavy (non-hydrogen) atoms. The molecule has 1 aliphatic carbocycles. The fourth-order valence-corrected chi connectivity index (χ4v) is 4.02. The highest BCUT2D eigenvalue weighted by Gasteiger charge is 2.22. The summed E-state index contributed by atoms with van der Waals surface area (Å²) in [6.07, 6.45) is 1.61. The van der Waals surface area contributed by atoms with Gasteiger partial charge in [-0.3, -0.25) is 4.79 Å². The van der Waals surface area contributed by atoms with Crippen molar-refractivity contribution in [3.8, 4) is 11.3 Å². The van der Waals surface area contributed by atoms with Gasteiger partial charge < -0.3 is 10.3 Å². The normalized spacial score (nSPS) is 13.4. The topological polar surface area (TPSA) is 105 Å². The molecule has 0 bridgehead atoms. The van der Waals surface area contributed by atoms with Crippen molar-refractivity contribution < 1.29 is 13.2 Å². The lowest BCUT2D eigenvalue weighted by Crippen LogP contribution is -2.11. The van der Waals surface area contributed by atoms with Crippen LogP contribution in [0.15, 0.2) is 41.3 Å². The van der Waals surface area contributed by atoms with Crippen LogP contribution in [0.1, 0.15) is 18.1 Å². The van der Waals surface area contributed by atoms with Crippen LogP contribution in [-0.4, -0.2) is 19.3 Å². The third-order valence-electron chi connectivity index (χ3n) is 4.55. The first-order chi connectivity index (χ1) is 11.8. The van der Waals surface area contributed by atoms with Gasteiger partial charge in [0.05, 0.1) is 4.90 Å². The number of sulfonamides is 1. The van der Waals surface area contributed by atoms with E-state index >= 15 is 0 Å². The Kier molecular flexibility index (Phi) is 3.45. The molecular formula is C18H17N3O3S. The number of nitrogens with one attached hydrogen (secondary N) is 2. The molecule has 1 amide bonds. The molecule has 6 nitrogen and oxygen atoms in total. The molecular weight excluding hydrogens is 338 g/mol. The van der Waals surface area contributed by atoms with Crippen LogP contribution in [0.25, 0.3) is 22.2 Å². The van der Waals surface area contributed by atoms with E-state index in [1.165, 1.54) is 13.0 Å². The van der Waals surface area contributed by atoms with E-state index in [1.807, 2.05) is 18.2 Å². The molecule has 3 aromatic rings. The smallest absolute Gasteiger partial charge is 0.238 e. The Balaban J connectivity index is 1.87. The Hall–Kier alpha value is -2.64. The second-order valence-electron chi connectivity index (χ2n) is 6.28. The lowest BCUT2D eigenvalue weighted by atomic mass is 9.89. The van der Waals surface area contributed by atoms with Crippen LogP contribution in [0.4, 0.5) is 5.69 Å². The number of nitrogens with two attached hydrogens (primary N) is 1. The number of carbonyl (C=O) groups excluding carboxylic acids is 1. The van der Waals surface area contributed by atoms with E-state index < -0.39 is 10.0 Å². The maximum absolute atomic E-state index is 11.6. The Morgan fingerprint density at radius 3 is 2.68 bits per heavy atom. The molecule has 0 radical (unpaired) electrons. The number of primary sulfonamides is 1. The van der Waals surface area contributed by atoms with Crippen molar-refractivity contribution in [2.45, 2.75) is 24.7 Å². The minimum absolute atomic E-state index is 0.0995. The second kappa shape index (κ2) is 5.44. The highest BCUT2D eigenvalue weighted by molar-refractivity contribution is 7.89. The molecule has 7 heteroatoms. The van der Waals surface area contributed by atoms with Crippen LogP contribution in [0.3, 0.4) is 0 Å². The largest absolute Gasteiger partial charge is 0.354 e. The number of rotatable bonds is 2. The Bertz CT molecular complexity index is 1130. The molecule has 128 valence electrons. The van der Waals surface area contributed by atoms with Gasteiger partial charge in [-0.2, -0.15) is 0 Å². The number of hydrogen-bond donors (Lipinski definition) is 3. The summed E-state index contributed by atoms with van der Waals surface area (Å²) in [5.41, 5.74) is 5.98. The summed E-state index contributed by atoms with van der Waals surface area (Å²) in [5, 5.41) is 8.94. The van der Waals surface area contributed by atoms with Gasteiger partial charge in [0.2, 0.25) is 15.9 Å². The number of benzene rings is 2. The second-order valence-corrected chi connectivity index (χ2v) is 7.85. The first kappa shape index (κ1) is 15.9. The zero-order valence-electron chi connectivity index (χ0n) is 13.6. The van der Waals surface area contributed by atoms with E-state index in [0.29, 0.717) is 0 Å². The number of aromatic nitrogens is 1. The number of H-pyrrole nitrogens is 1. The van der Waals surface area contributed by atoms with E-state index in [1.54, 1.807) is 12.1 Å². The van der Waals surface area contributed by atoms with Crippen molar-refractivity contribution >= 4 is 32.5 Å². The molecule has 2 aromatic carbocycles. The van der Waals surface area contributed by atoms with Gasteiger partial charge in [0.25, 0.3) is 0 Å². The Labute approximate surface area is 145 Å². The molecule has 0 unspecified atom stereocenters. The van der Waals surface area contributed by atoms with Crippen LogP contribution < -0.4 is 10.5 Å². The van der Waals surface area contributed by atoms with E-state index in [2.05, 4.69) is 10.3 Å². The van der Waals surface area contributed by atoms with Crippen molar-refractivity contribution in [1.29, 1.82) is 0 Å². The average Bonchev–Trinajstić information content (AvgIpc) is 2.91. The molecule has 1 aliphatic rings. The van der Waals surface area contributed by atoms with Gasteiger partial charge in [-0.1, -0.05) is 6.07 Å². The SMILES string of the molecule is CC(=O)Nc1ccc2c(c1)CCc1c-2[nH]c2ccc(S(N)(=O)=O)cc12. The van der Waals surface area contributed by atoms with Crippen LogP contribution in [-0.2, 0) is 27.7 Å². The van der Waals surface area contributed by atoms with Crippen molar-refractivity contribution in [3.05, 3.63) is 47.5 Å². The standard InChI is InChI=1S/C18H17N3O3S/c1-10(22)20-12-3-6-14-11(8-12)2-5-15-16-9-13(25(19,23)24)4-7-17(16)21-18(14)15/h3-4,6-9,21H,2,5H2,1H3,(H,20,22)(H2,19,23,24). The van der Waals surface area contributed by atoms with Crippen LogP contribution in [0.2, 0.25) is 0 Å². The summed E-state index contributed by atoms with van der Waals surface area (Å²) in [5.74, 6) is -0.0995. The Morgan fingerprint density at radius 1 is 1.16 bits per heavy atom. The summed E-state index contributed by atoms with van der Waals surface area (Å²) in [7, 11) is -3.73. The quantitative estimate of drug-likeness (QED) is 0.658. The highest BCUT2D eigenvalue weighted by Crippen LogP contribution is 2.39. The molecule has 4 rings (SSSR count). The molecule has 1 heterocycles. The molecule has 0 aliphatic heterocycles. The van der Waals surface area contributed by atoms with Crippen LogP contribution in [0, 0.1) is 0 Å². The summed E-state index contributed by atoms with van der Waals surface area (Å²) in [4.78, 5) is 14.7. The molecule has 0 saturated carbocycles. The zero-order chi connectivity index (χ0) is 17.8. The van der Waals surface area contributed by atoms with Crippen molar-refractivity contribution in [2.24, 2.45) is 5.14 Å². The number of carbonyl (C=O) groups is 1. The number of hydrogen-bond acceptors (Lipinski definition) is 3. The van der Waals surface area contributed by atoms with E-state index in [-0.39, 0.29) is 10.8 Å². The van der Waals surface area contributed by atoms with Crippen LogP contribution >= 0.6 is 0 Å². The number of fused-ring (bicyclic) bond motifs is 5. The molecule has 4 N–H and O–H groups in total. The van der Waals surface area contributed by atoms with Gasteiger partial charge in [-0.25, -0.2) is 13.6 Å². The molecule has 0 saturated heterocycles. The number of anilines is 1. The van der Waals surface area contributed by atoms with Gasteiger partial charge in [-0.15, -0.1) is 0 Å². The van der Waals surface area contributed by atoms with Gasteiger partial charge in [0.1, 0.15) is 0 Å². The van der Waals surface area contributed by atoms with E-state index in [4.69, 9.17) is 5.14 Å². The number of amides is 1.